The highest BCUT2D eigenvalue weighted by Crippen LogP contribution is 2.34. The molecule has 0 radical (unpaired) electrons. The van der Waals surface area contributed by atoms with Gasteiger partial charge in [-0.05, 0) is 17.7 Å². The highest BCUT2D eigenvalue weighted by atomic mass is 16.7. The van der Waals surface area contributed by atoms with Crippen LogP contribution in [0.25, 0.3) is 11.4 Å². The third kappa shape index (κ3) is 2.58. The van der Waals surface area contributed by atoms with Gasteiger partial charge < -0.3 is 20.9 Å². The summed E-state index contributed by atoms with van der Waals surface area (Å²) in [6, 6.07) is 15.4. The van der Waals surface area contributed by atoms with Crippen molar-refractivity contribution in [3.05, 3.63) is 59.7 Å². The molecule has 0 amide bonds. The Morgan fingerprint density at radius 1 is 0.875 bits per heavy atom. The summed E-state index contributed by atoms with van der Waals surface area (Å²) in [5.41, 5.74) is 14.9. The number of anilines is 2. The fraction of sp³-hybridized carbons (Fsp3) is 0.111. The molecule has 1 aromatic heterocycles. The van der Waals surface area contributed by atoms with Gasteiger partial charge in [0.15, 0.2) is 17.3 Å². The van der Waals surface area contributed by atoms with Gasteiger partial charge in [-0.15, -0.1) is 0 Å². The SMILES string of the molecule is Nc1nc(-c2ccccc2)nc(N)c1Cc1ccc2c(c1)OCO2. The lowest BCUT2D eigenvalue weighted by Gasteiger charge is -2.11. The van der Waals surface area contributed by atoms with Gasteiger partial charge in [0.1, 0.15) is 11.6 Å². The molecule has 0 unspecified atom stereocenters. The minimum atomic E-state index is 0.248. The van der Waals surface area contributed by atoms with Gasteiger partial charge in [-0.2, -0.15) is 0 Å². The van der Waals surface area contributed by atoms with Crippen molar-refractivity contribution in [3.8, 4) is 22.9 Å². The lowest BCUT2D eigenvalue weighted by atomic mass is 10.0. The predicted molar refractivity (Wildman–Crippen MR) is 91.7 cm³/mol. The Hall–Kier alpha value is -3.28. The normalized spacial score (nSPS) is 12.3. The van der Waals surface area contributed by atoms with Gasteiger partial charge in [0, 0.05) is 17.5 Å². The molecule has 0 fully saturated rings. The first-order valence-corrected chi connectivity index (χ1v) is 7.56. The largest absolute Gasteiger partial charge is 0.454 e. The fourth-order valence-electron chi connectivity index (χ4n) is 2.67. The number of nitrogens with two attached hydrogens (primary N) is 2. The second-order valence-corrected chi connectivity index (χ2v) is 5.53. The van der Waals surface area contributed by atoms with Gasteiger partial charge in [0.2, 0.25) is 6.79 Å². The van der Waals surface area contributed by atoms with Crippen molar-refractivity contribution >= 4 is 11.6 Å². The summed E-state index contributed by atoms with van der Waals surface area (Å²) in [6.07, 6.45) is 0.531. The van der Waals surface area contributed by atoms with Crippen molar-refractivity contribution in [2.75, 3.05) is 18.3 Å². The van der Waals surface area contributed by atoms with Crippen LogP contribution in [0.2, 0.25) is 0 Å². The molecule has 2 heterocycles. The number of rotatable bonds is 3. The van der Waals surface area contributed by atoms with E-state index < -0.39 is 0 Å². The Morgan fingerprint density at radius 2 is 1.58 bits per heavy atom. The van der Waals surface area contributed by atoms with Gasteiger partial charge in [0.05, 0.1) is 0 Å². The Balaban J connectivity index is 1.66. The van der Waals surface area contributed by atoms with Crippen LogP contribution >= 0.6 is 0 Å². The van der Waals surface area contributed by atoms with Crippen LogP contribution < -0.4 is 20.9 Å². The van der Waals surface area contributed by atoms with E-state index in [0.29, 0.717) is 29.4 Å². The summed E-state index contributed by atoms with van der Waals surface area (Å²) in [5, 5.41) is 0. The van der Waals surface area contributed by atoms with E-state index >= 15 is 0 Å². The van der Waals surface area contributed by atoms with E-state index in [1.54, 1.807) is 0 Å². The van der Waals surface area contributed by atoms with Crippen molar-refractivity contribution in [2.45, 2.75) is 6.42 Å². The van der Waals surface area contributed by atoms with Crippen molar-refractivity contribution in [2.24, 2.45) is 0 Å². The predicted octanol–water partition coefficient (Wildman–Crippen LogP) is 2.63. The van der Waals surface area contributed by atoms with Gasteiger partial charge >= 0.3 is 0 Å². The Bertz CT molecular complexity index is 874. The molecule has 3 aromatic rings. The molecule has 0 atom stereocenters. The fourth-order valence-corrected chi connectivity index (χ4v) is 2.67. The van der Waals surface area contributed by atoms with E-state index in [0.717, 1.165) is 22.6 Å². The smallest absolute Gasteiger partial charge is 0.231 e. The molecule has 0 saturated heterocycles. The van der Waals surface area contributed by atoms with E-state index in [-0.39, 0.29) is 6.79 Å². The summed E-state index contributed by atoms with van der Waals surface area (Å²) >= 11 is 0. The number of benzene rings is 2. The van der Waals surface area contributed by atoms with Gasteiger partial charge in [-0.1, -0.05) is 36.4 Å². The maximum atomic E-state index is 6.13. The van der Waals surface area contributed by atoms with E-state index in [9.17, 15) is 0 Å². The maximum Gasteiger partial charge on any atom is 0.231 e. The Labute approximate surface area is 139 Å². The van der Waals surface area contributed by atoms with Crippen LogP contribution in [0.5, 0.6) is 11.5 Å². The van der Waals surface area contributed by atoms with Crippen molar-refractivity contribution in [1.82, 2.24) is 9.97 Å². The number of hydrogen-bond donors (Lipinski definition) is 2. The first-order chi connectivity index (χ1) is 11.7. The number of hydrogen-bond acceptors (Lipinski definition) is 6. The second-order valence-electron chi connectivity index (χ2n) is 5.53. The first-order valence-electron chi connectivity index (χ1n) is 7.56. The molecule has 6 nitrogen and oxygen atoms in total. The van der Waals surface area contributed by atoms with Gasteiger partial charge in [0.25, 0.3) is 0 Å². The quantitative estimate of drug-likeness (QED) is 0.770. The molecule has 120 valence electrons. The molecule has 1 aliphatic rings. The molecule has 0 aliphatic carbocycles. The average Bonchev–Trinajstić information content (AvgIpc) is 3.06. The Morgan fingerprint density at radius 3 is 2.33 bits per heavy atom. The summed E-state index contributed by atoms with van der Waals surface area (Å²) in [5.74, 6) is 2.78. The van der Waals surface area contributed by atoms with Gasteiger partial charge in [-0.25, -0.2) is 9.97 Å². The molecule has 6 heteroatoms. The first kappa shape index (κ1) is 14.3. The number of aromatic nitrogens is 2. The molecular formula is C18H16N4O2. The van der Waals surface area contributed by atoms with Crippen LogP contribution in [0, 0.1) is 0 Å². The van der Waals surface area contributed by atoms with Crippen molar-refractivity contribution < 1.29 is 9.47 Å². The molecular weight excluding hydrogens is 304 g/mol. The molecule has 0 spiro atoms. The van der Waals surface area contributed by atoms with Crippen LogP contribution in [-0.2, 0) is 6.42 Å². The number of nitrogens with zero attached hydrogens (tertiary/aromatic N) is 2. The molecule has 0 bridgehead atoms. The van der Waals surface area contributed by atoms with E-state index in [4.69, 9.17) is 20.9 Å². The highest BCUT2D eigenvalue weighted by Gasteiger charge is 2.16. The van der Waals surface area contributed by atoms with E-state index in [1.807, 2.05) is 48.5 Å². The maximum absolute atomic E-state index is 6.13. The average molecular weight is 320 g/mol. The third-order valence-electron chi connectivity index (χ3n) is 3.92. The zero-order chi connectivity index (χ0) is 16.5. The van der Waals surface area contributed by atoms with Crippen LogP contribution in [0.1, 0.15) is 11.1 Å². The topological polar surface area (TPSA) is 96.3 Å². The molecule has 2 aromatic carbocycles. The lowest BCUT2D eigenvalue weighted by molar-refractivity contribution is 0.174. The third-order valence-corrected chi connectivity index (χ3v) is 3.92. The van der Waals surface area contributed by atoms with Crippen molar-refractivity contribution in [3.63, 3.8) is 0 Å². The minimum Gasteiger partial charge on any atom is -0.454 e. The summed E-state index contributed by atoms with van der Waals surface area (Å²) in [4.78, 5) is 8.81. The molecule has 1 aliphatic heterocycles. The molecule has 24 heavy (non-hydrogen) atoms. The number of fused-ring (bicyclic) bond motifs is 1. The van der Waals surface area contributed by atoms with E-state index in [1.165, 1.54) is 0 Å². The standard InChI is InChI=1S/C18H16N4O2/c19-16-13(8-11-6-7-14-15(9-11)24-10-23-14)17(20)22-18(21-16)12-4-2-1-3-5-12/h1-7,9H,8,10H2,(H4,19,20,21,22). The highest BCUT2D eigenvalue weighted by molar-refractivity contribution is 5.64. The van der Waals surface area contributed by atoms with Crippen LogP contribution in [-0.4, -0.2) is 16.8 Å². The van der Waals surface area contributed by atoms with Crippen LogP contribution in [0.4, 0.5) is 11.6 Å². The zero-order valence-corrected chi connectivity index (χ0v) is 12.9. The lowest BCUT2D eigenvalue weighted by Crippen LogP contribution is -2.08. The summed E-state index contributed by atoms with van der Waals surface area (Å²) < 4.78 is 10.7. The van der Waals surface area contributed by atoms with Crippen LogP contribution in [0.15, 0.2) is 48.5 Å². The monoisotopic (exact) mass is 320 g/mol. The zero-order valence-electron chi connectivity index (χ0n) is 12.9. The summed E-state index contributed by atoms with van der Waals surface area (Å²) in [6.45, 7) is 0.248. The van der Waals surface area contributed by atoms with Gasteiger partial charge in [-0.3, -0.25) is 0 Å². The molecule has 4 N–H and O–H groups in total. The van der Waals surface area contributed by atoms with Crippen LogP contribution in [0.3, 0.4) is 0 Å². The molecule has 0 saturated carbocycles. The Kier molecular flexibility index (Phi) is 3.42. The second kappa shape index (κ2) is 5.73. The van der Waals surface area contributed by atoms with E-state index in [2.05, 4.69) is 9.97 Å². The number of nitrogen functional groups attached to an aromatic ring is 2. The number of ether oxygens (including phenoxy) is 2. The summed E-state index contributed by atoms with van der Waals surface area (Å²) in [7, 11) is 0. The van der Waals surface area contributed by atoms with Crippen molar-refractivity contribution in [1.29, 1.82) is 0 Å². The minimum absolute atomic E-state index is 0.248. The molecule has 4 rings (SSSR count).